The van der Waals surface area contributed by atoms with Crippen molar-refractivity contribution in [3.8, 4) is 0 Å². The van der Waals surface area contributed by atoms with Crippen molar-refractivity contribution in [3.05, 3.63) is 63.9 Å². The molecule has 7 heteroatoms. The topological polar surface area (TPSA) is 37.4 Å². The number of hydrogen-bond donors (Lipinski definition) is 0. The minimum absolute atomic E-state index is 0.0421. The standard InChI is InChI=1S/C14H12Cl2FNO2S/c1-18(9-10-5-2-3-7-12(10)17)21(19,20)13-8-4-6-11(15)14(13)16/h2-8H,9H2,1H3. The molecule has 0 saturated heterocycles. The van der Waals surface area contributed by atoms with Crippen molar-refractivity contribution >= 4 is 33.2 Å². The molecule has 0 aliphatic carbocycles. The van der Waals surface area contributed by atoms with E-state index in [1.807, 2.05) is 0 Å². The molecule has 0 aliphatic rings. The summed E-state index contributed by atoms with van der Waals surface area (Å²) in [5, 5.41) is 0.108. The second kappa shape index (κ2) is 6.32. The van der Waals surface area contributed by atoms with Crippen LogP contribution in [0.4, 0.5) is 4.39 Å². The Bertz CT molecular complexity index is 765. The zero-order valence-corrected chi connectivity index (χ0v) is 13.4. The molecule has 0 aliphatic heterocycles. The first-order chi connectivity index (χ1) is 9.84. The second-order valence-corrected chi connectivity index (χ2v) is 7.20. The summed E-state index contributed by atoms with van der Waals surface area (Å²) in [7, 11) is -2.50. The molecule has 0 radical (unpaired) electrons. The van der Waals surface area contributed by atoms with Gasteiger partial charge >= 0.3 is 0 Å². The van der Waals surface area contributed by atoms with Crippen molar-refractivity contribution in [1.29, 1.82) is 0 Å². The normalized spacial score (nSPS) is 11.9. The lowest BCUT2D eigenvalue weighted by atomic mass is 10.2. The maximum absolute atomic E-state index is 13.6. The monoisotopic (exact) mass is 347 g/mol. The van der Waals surface area contributed by atoms with Crippen LogP contribution in [-0.2, 0) is 16.6 Å². The van der Waals surface area contributed by atoms with Gasteiger partial charge in [0, 0.05) is 19.2 Å². The van der Waals surface area contributed by atoms with Gasteiger partial charge in [-0.1, -0.05) is 47.5 Å². The maximum Gasteiger partial charge on any atom is 0.244 e. The third kappa shape index (κ3) is 3.37. The van der Waals surface area contributed by atoms with Crippen molar-refractivity contribution in [2.45, 2.75) is 11.4 Å². The van der Waals surface area contributed by atoms with Crippen LogP contribution in [0.3, 0.4) is 0 Å². The molecule has 0 saturated carbocycles. The van der Waals surface area contributed by atoms with Crippen LogP contribution in [-0.4, -0.2) is 19.8 Å². The van der Waals surface area contributed by atoms with Gasteiger partial charge in [0.25, 0.3) is 0 Å². The second-order valence-electron chi connectivity index (χ2n) is 4.40. The molecule has 0 atom stereocenters. The molecule has 0 bridgehead atoms. The van der Waals surface area contributed by atoms with E-state index in [1.54, 1.807) is 12.1 Å². The zero-order valence-electron chi connectivity index (χ0n) is 11.1. The summed E-state index contributed by atoms with van der Waals surface area (Å²) in [5.41, 5.74) is 0.279. The molecular formula is C14H12Cl2FNO2S. The van der Waals surface area contributed by atoms with Crippen LogP contribution < -0.4 is 0 Å². The summed E-state index contributed by atoms with van der Waals surface area (Å²) in [6, 6.07) is 10.4. The third-order valence-corrected chi connectivity index (χ3v) is 5.73. The number of rotatable bonds is 4. The van der Waals surface area contributed by atoms with Crippen molar-refractivity contribution < 1.29 is 12.8 Å². The predicted molar refractivity (Wildman–Crippen MR) is 81.5 cm³/mol. The van der Waals surface area contributed by atoms with Gasteiger partial charge in [0.2, 0.25) is 10.0 Å². The molecule has 0 N–H and O–H groups in total. The summed E-state index contributed by atoms with van der Waals surface area (Å²) in [6.45, 7) is -0.0994. The zero-order chi connectivity index (χ0) is 15.6. The van der Waals surface area contributed by atoms with Gasteiger partial charge in [0.15, 0.2) is 0 Å². The molecule has 0 fully saturated rings. The molecule has 2 rings (SSSR count). The SMILES string of the molecule is CN(Cc1ccccc1F)S(=O)(=O)c1cccc(Cl)c1Cl. The van der Waals surface area contributed by atoms with Gasteiger partial charge in [-0.3, -0.25) is 0 Å². The minimum atomic E-state index is -3.86. The van der Waals surface area contributed by atoms with E-state index in [4.69, 9.17) is 23.2 Å². The molecule has 0 aromatic heterocycles. The van der Waals surface area contributed by atoms with Crippen LogP contribution in [0.1, 0.15) is 5.56 Å². The molecule has 2 aromatic carbocycles. The van der Waals surface area contributed by atoms with Crippen LogP contribution in [0.15, 0.2) is 47.4 Å². The highest BCUT2D eigenvalue weighted by atomic mass is 35.5. The molecular weight excluding hydrogens is 336 g/mol. The maximum atomic E-state index is 13.6. The fourth-order valence-electron chi connectivity index (χ4n) is 1.80. The fraction of sp³-hybridized carbons (Fsp3) is 0.143. The van der Waals surface area contributed by atoms with Crippen LogP contribution in [0.5, 0.6) is 0 Å². The van der Waals surface area contributed by atoms with E-state index in [0.29, 0.717) is 0 Å². The van der Waals surface area contributed by atoms with Crippen molar-refractivity contribution in [2.24, 2.45) is 0 Å². The number of benzene rings is 2. The summed E-state index contributed by atoms with van der Waals surface area (Å²) in [6.07, 6.45) is 0. The number of nitrogens with zero attached hydrogens (tertiary/aromatic N) is 1. The molecule has 2 aromatic rings. The predicted octanol–water partition coefficient (Wildman–Crippen LogP) is 3.95. The van der Waals surface area contributed by atoms with E-state index >= 15 is 0 Å². The largest absolute Gasteiger partial charge is 0.244 e. The van der Waals surface area contributed by atoms with Crippen LogP contribution in [0, 0.1) is 5.82 Å². The molecule has 0 spiro atoms. The lowest BCUT2D eigenvalue weighted by Gasteiger charge is -2.18. The van der Waals surface area contributed by atoms with Gasteiger partial charge in [-0.05, 0) is 18.2 Å². The van der Waals surface area contributed by atoms with Gasteiger partial charge in [0.05, 0.1) is 10.0 Å². The lowest BCUT2D eigenvalue weighted by molar-refractivity contribution is 0.456. The highest BCUT2D eigenvalue weighted by molar-refractivity contribution is 7.89. The van der Waals surface area contributed by atoms with E-state index < -0.39 is 15.8 Å². The Morgan fingerprint density at radius 2 is 1.76 bits per heavy atom. The average molecular weight is 348 g/mol. The van der Waals surface area contributed by atoms with Crippen molar-refractivity contribution in [2.75, 3.05) is 7.05 Å². The van der Waals surface area contributed by atoms with E-state index in [2.05, 4.69) is 0 Å². The molecule has 0 heterocycles. The summed E-state index contributed by atoms with van der Waals surface area (Å²) in [5.74, 6) is -0.461. The minimum Gasteiger partial charge on any atom is -0.207 e. The number of hydrogen-bond acceptors (Lipinski definition) is 2. The van der Waals surface area contributed by atoms with E-state index in [-0.39, 0.29) is 27.0 Å². The highest BCUT2D eigenvalue weighted by Gasteiger charge is 2.25. The summed E-state index contributed by atoms with van der Waals surface area (Å²) >= 11 is 11.8. The van der Waals surface area contributed by atoms with Gasteiger partial charge in [-0.15, -0.1) is 0 Å². The molecule has 0 amide bonds. The fourth-order valence-corrected chi connectivity index (χ4v) is 3.68. The van der Waals surface area contributed by atoms with Gasteiger partial charge < -0.3 is 0 Å². The Labute approximate surface area is 133 Å². The Kier molecular flexibility index (Phi) is 4.88. The van der Waals surface area contributed by atoms with Crippen LogP contribution in [0.2, 0.25) is 10.0 Å². The lowest BCUT2D eigenvalue weighted by Crippen LogP contribution is -2.27. The average Bonchev–Trinajstić information content (AvgIpc) is 2.44. The first-order valence-electron chi connectivity index (χ1n) is 5.98. The summed E-state index contributed by atoms with van der Waals surface area (Å²) < 4.78 is 39.6. The van der Waals surface area contributed by atoms with Gasteiger partial charge in [-0.25, -0.2) is 12.8 Å². The van der Waals surface area contributed by atoms with E-state index in [9.17, 15) is 12.8 Å². The smallest absolute Gasteiger partial charge is 0.207 e. The van der Waals surface area contributed by atoms with Crippen LogP contribution >= 0.6 is 23.2 Å². The van der Waals surface area contributed by atoms with E-state index in [1.165, 1.54) is 37.4 Å². The molecule has 112 valence electrons. The van der Waals surface area contributed by atoms with Crippen molar-refractivity contribution in [1.82, 2.24) is 4.31 Å². The Morgan fingerprint density at radius 1 is 1.10 bits per heavy atom. The molecule has 21 heavy (non-hydrogen) atoms. The Morgan fingerprint density at radius 3 is 2.43 bits per heavy atom. The molecule has 3 nitrogen and oxygen atoms in total. The Hall–Kier alpha value is -1.14. The first-order valence-corrected chi connectivity index (χ1v) is 8.17. The highest BCUT2D eigenvalue weighted by Crippen LogP contribution is 2.31. The quantitative estimate of drug-likeness (QED) is 0.839. The first kappa shape index (κ1) is 16.2. The Balaban J connectivity index is 2.36. The number of sulfonamides is 1. The van der Waals surface area contributed by atoms with Gasteiger partial charge in [-0.2, -0.15) is 4.31 Å². The van der Waals surface area contributed by atoms with E-state index in [0.717, 1.165) is 4.31 Å². The van der Waals surface area contributed by atoms with Crippen molar-refractivity contribution in [3.63, 3.8) is 0 Å². The third-order valence-electron chi connectivity index (χ3n) is 2.96. The van der Waals surface area contributed by atoms with Gasteiger partial charge in [0.1, 0.15) is 10.7 Å². The van der Waals surface area contributed by atoms with Crippen LogP contribution in [0.25, 0.3) is 0 Å². The summed E-state index contributed by atoms with van der Waals surface area (Å²) in [4.78, 5) is -0.101. The number of halogens is 3. The molecule has 0 unspecified atom stereocenters.